The Morgan fingerprint density at radius 2 is 1.65 bits per heavy atom. The van der Waals surface area contributed by atoms with E-state index in [2.05, 4.69) is 5.32 Å². The van der Waals surface area contributed by atoms with Crippen molar-refractivity contribution in [1.82, 2.24) is 5.32 Å². The van der Waals surface area contributed by atoms with Crippen LogP contribution in [0, 0.1) is 0 Å². The molecule has 1 amide bonds. The van der Waals surface area contributed by atoms with Gasteiger partial charge in [0.05, 0.1) is 11.9 Å². The maximum atomic E-state index is 12.3. The summed E-state index contributed by atoms with van der Waals surface area (Å²) in [6.45, 7) is 1.59. The van der Waals surface area contributed by atoms with Crippen molar-refractivity contribution >= 4 is 21.6 Å². The number of hydrogen-bond donors (Lipinski definition) is 1. The number of carbonyl (C=O) groups excluding carboxylic acids is 1. The first kappa shape index (κ1) is 18.3. The third-order valence-corrected chi connectivity index (χ3v) is 5.32. The van der Waals surface area contributed by atoms with Crippen LogP contribution in [0.5, 0.6) is 11.5 Å². The van der Waals surface area contributed by atoms with Crippen LogP contribution in [0.4, 0.5) is 5.69 Å². The van der Waals surface area contributed by atoms with Gasteiger partial charge in [0.25, 0.3) is 0 Å². The Morgan fingerprint density at radius 3 is 2.19 bits per heavy atom. The number of nitrogens with zero attached hydrogens (tertiary/aromatic N) is 1. The van der Waals surface area contributed by atoms with Crippen molar-refractivity contribution in [3.63, 3.8) is 0 Å². The fourth-order valence-electron chi connectivity index (χ4n) is 2.64. The summed E-state index contributed by atoms with van der Waals surface area (Å²) in [5.74, 6) is 0.989. The highest BCUT2D eigenvalue weighted by atomic mass is 32.2. The Hall–Kier alpha value is -2.54. The molecule has 26 heavy (non-hydrogen) atoms. The Kier molecular flexibility index (Phi) is 5.18. The first-order chi connectivity index (χ1) is 12.3. The molecule has 0 aromatic heterocycles. The molecule has 6 nitrogen and oxygen atoms in total. The van der Waals surface area contributed by atoms with Gasteiger partial charge < -0.3 is 10.1 Å². The van der Waals surface area contributed by atoms with E-state index in [9.17, 15) is 13.2 Å². The summed E-state index contributed by atoms with van der Waals surface area (Å²) >= 11 is 0. The molecule has 0 bridgehead atoms. The fraction of sp³-hybridized carbons (Fsp3) is 0.316. The number of benzene rings is 2. The van der Waals surface area contributed by atoms with Crippen molar-refractivity contribution in [2.45, 2.75) is 31.8 Å². The minimum Gasteiger partial charge on any atom is -0.457 e. The molecule has 1 fully saturated rings. The third-order valence-electron chi connectivity index (χ3n) is 4.08. The molecule has 1 aliphatic carbocycles. The zero-order valence-electron chi connectivity index (χ0n) is 14.8. The average molecular weight is 374 g/mol. The third kappa shape index (κ3) is 4.54. The van der Waals surface area contributed by atoms with Crippen molar-refractivity contribution in [2.24, 2.45) is 0 Å². The Morgan fingerprint density at radius 1 is 1.08 bits per heavy atom. The molecule has 0 radical (unpaired) electrons. The van der Waals surface area contributed by atoms with Gasteiger partial charge in [0, 0.05) is 6.04 Å². The standard InChI is InChI=1S/C19H22N2O4S/c1-14(19(22)20-15-8-9-15)21(26(2,23)24)16-10-12-18(13-11-16)25-17-6-4-3-5-7-17/h3-7,10-15H,8-9H2,1-2H3,(H,20,22)/t14-/m1/s1. The number of sulfonamides is 1. The van der Waals surface area contributed by atoms with Crippen molar-refractivity contribution in [2.75, 3.05) is 10.6 Å². The lowest BCUT2D eigenvalue weighted by Gasteiger charge is -2.28. The van der Waals surface area contributed by atoms with E-state index in [4.69, 9.17) is 4.74 Å². The van der Waals surface area contributed by atoms with Gasteiger partial charge in [-0.15, -0.1) is 0 Å². The molecule has 1 saturated carbocycles. The molecule has 0 spiro atoms. The predicted molar refractivity (Wildman–Crippen MR) is 101 cm³/mol. The first-order valence-electron chi connectivity index (χ1n) is 8.47. The molecule has 3 rings (SSSR count). The highest BCUT2D eigenvalue weighted by Gasteiger charge is 2.32. The van der Waals surface area contributed by atoms with Crippen molar-refractivity contribution in [1.29, 1.82) is 0 Å². The summed E-state index contributed by atoms with van der Waals surface area (Å²) < 4.78 is 31.4. The lowest BCUT2D eigenvalue weighted by molar-refractivity contribution is -0.121. The van der Waals surface area contributed by atoms with E-state index < -0.39 is 16.1 Å². The van der Waals surface area contributed by atoms with E-state index in [1.807, 2.05) is 30.3 Å². The normalized spacial score (nSPS) is 15.2. The molecule has 1 aliphatic rings. The zero-order valence-corrected chi connectivity index (χ0v) is 15.6. The number of nitrogens with one attached hydrogen (secondary N) is 1. The summed E-state index contributed by atoms with van der Waals surface area (Å²) in [5.41, 5.74) is 0.423. The second kappa shape index (κ2) is 7.37. The molecule has 2 aromatic rings. The van der Waals surface area contributed by atoms with Crippen LogP contribution in [0.3, 0.4) is 0 Å². The number of amides is 1. The number of rotatable bonds is 7. The van der Waals surface area contributed by atoms with Crippen molar-refractivity contribution in [3.8, 4) is 11.5 Å². The topological polar surface area (TPSA) is 75.7 Å². The van der Waals surface area contributed by atoms with Crippen LogP contribution >= 0.6 is 0 Å². The number of carbonyl (C=O) groups is 1. The van der Waals surface area contributed by atoms with Crippen LogP contribution in [0.2, 0.25) is 0 Å². The van der Waals surface area contributed by atoms with Crippen LogP contribution < -0.4 is 14.4 Å². The van der Waals surface area contributed by atoms with E-state index in [0.29, 0.717) is 17.2 Å². The molecule has 1 atom stereocenters. The molecule has 1 N–H and O–H groups in total. The van der Waals surface area contributed by atoms with Crippen LogP contribution in [0.15, 0.2) is 54.6 Å². The summed E-state index contributed by atoms with van der Waals surface area (Å²) in [7, 11) is -3.62. The molecule has 2 aromatic carbocycles. The summed E-state index contributed by atoms with van der Waals surface area (Å²) in [4.78, 5) is 12.3. The van der Waals surface area contributed by atoms with Gasteiger partial charge in [-0.05, 0) is 56.2 Å². The SMILES string of the molecule is C[C@H](C(=O)NC1CC1)N(c1ccc(Oc2ccccc2)cc1)S(C)(=O)=O. The number of hydrogen-bond acceptors (Lipinski definition) is 4. The largest absolute Gasteiger partial charge is 0.457 e. The maximum Gasteiger partial charge on any atom is 0.243 e. The molecular formula is C19H22N2O4S. The van der Waals surface area contributed by atoms with Crippen LogP contribution in [-0.2, 0) is 14.8 Å². The smallest absolute Gasteiger partial charge is 0.243 e. The Balaban J connectivity index is 1.79. The van der Waals surface area contributed by atoms with E-state index in [1.54, 1.807) is 31.2 Å². The monoisotopic (exact) mass is 374 g/mol. The van der Waals surface area contributed by atoms with Gasteiger partial charge in [-0.2, -0.15) is 0 Å². The first-order valence-corrected chi connectivity index (χ1v) is 10.3. The highest BCUT2D eigenvalue weighted by Crippen LogP contribution is 2.27. The van der Waals surface area contributed by atoms with E-state index in [-0.39, 0.29) is 11.9 Å². The van der Waals surface area contributed by atoms with Gasteiger partial charge in [-0.1, -0.05) is 18.2 Å². The minimum atomic E-state index is -3.62. The van der Waals surface area contributed by atoms with Gasteiger partial charge in [0.2, 0.25) is 15.9 Å². The molecule has 0 aliphatic heterocycles. The van der Waals surface area contributed by atoms with Gasteiger partial charge >= 0.3 is 0 Å². The lowest BCUT2D eigenvalue weighted by Crippen LogP contribution is -2.48. The Bertz CT molecular complexity index is 862. The molecule has 0 unspecified atom stereocenters. The molecule has 0 saturated heterocycles. The maximum absolute atomic E-state index is 12.3. The van der Waals surface area contributed by atoms with E-state index in [1.165, 1.54) is 0 Å². The second-order valence-corrected chi connectivity index (χ2v) is 8.29. The van der Waals surface area contributed by atoms with Gasteiger partial charge in [0.1, 0.15) is 17.5 Å². The van der Waals surface area contributed by atoms with Crippen molar-refractivity contribution in [3.05, 3.63) is 54.6 Å². The van der Waals surface area contributed by atoms with E-state index in [0.717, 1.165) is 23.4 Å². The lowest BCUT2D eigenvalue weighted by atomic mass is 10.2. The zero-order chi connectivity index (χ0) is 18.7. The molecule has 0 heterocycles. The highest BCUT2D eigenvalue weighted by molar-refractivity contribution is 7.92. The van der Waals surface area contributed by atoms with Crippen molar-refractivity contribution < 1.29 is 17.9 Å². The van der Waals surface area contributed by atoms with Crippen LogP contribution in [0.25, 0.3) is 0 Å². The van der Waals surface area contributed by atoms with Crippen LogP contribution in [-0.4, -0.2) is 32.7 Å². The quantitative estimate of drug-likeness (QED) is 0.808. The predicted octanol–water partition coefficient (Wildman–Crippen LogP) is 2.91. The minimum absolute atomic E-state index is 0.174. The summed E-state index contributed by atoms with van der Waals surface area (Å²) in [5, 5.41) is 2.85. The second-order valence-electron chi connectivity index (χ2n) is 6.43. The van der Waals surface area contributed by atoms with E-state index >= 15 is 0 Å². The fourth-order valence-corrected chi connectivity index (χ4v) is 3.82. The van der Waals surface area contributed by atoms with Gasteiger partial charge in [-0.3, -0.25) is 9.10 Å². The molecular weight excluding hydrogens is 352 g/mol. The molecule has 138 valence electrons. The average Bonchev–Trinajstić information content (AvgIpc) is 3.40. The van der Waals surface area contributed by atoms with Gasteiger partial charge in [0.15, 0.2) is 0 Å². The molecule has 7 heteroatoms. The summed E-state index contributed by atoms with van der Waals surface area (Å²) in [6.07, 6.45) is 2.99. The number of ether oxygens (including phenoxy) is 1. The number of anilines is 1. The van der Waals surface area contributed by atoms with Gasteiger partial charge in [-0.25, -0.2) is 8.42 Å². The summed E-state index contributed by atoms with van der Waals surface area (Å²) in [6, 6.07) is 15.3. The van der Waals surface area contributed by atoms with Crippen LogP contribution in [0.1, 0.15) is 19.8 Å². The Labute approximate surface area is 153 Å². The number of para-hydroxylation sites is 1.